The van der Waals surface area contributed by atoms with Gasteiger partial charge in [0, 0.05) is 0 Å². The van der Waals surface area contributed by atoms with Crippen LogP contribution < -0.4 is 0 Å². The van der Waals surface area contributed by atoms with E-state index in [0.717, 1.165) is 6.42 Å². The molecule has 0 aliphatic heterocycles. The zero-order valence-corrected chi connectivity index (χ0v) is 41.7. The molecule has 1 unspecified atom stereocenters. The first-order chi connectivity index (χ1) is 25.1. The normalized spacial score (nSPS) is 9.69. The maximum Gasteiger partial charge on any atom is -0.00116 e. The Bertz CT molecular complexity index is 458. The Hall–Kier alpha value is -0.430. The van der Waals surface area contributed by atoms with Gasteiger partial charge in [0.25, 0.3) is 0 Å². The van der Waals surface area contributed by atoms with Crippen molar-refractivity contribution in [1.82, 2.24) is 0 Å². The maximum atomic E-state index is 4.23. The van der Waals surface area contributed by atoms with E-state index in [0.29, 0.717) is 5.25 Å². The second-order valence-electron chi connectivity index (χ2n) is 13.2. The highest BCUT2D eigenvalue weighted by atomic mass is 32.1. The van der Waals surface area contributed by atoms with Gasteiger partial charge in [-0.2, -0.15) is 12.6 Å². The first-order valence-corrected chi connectivity index (χ1v) is 24.2. The molecule has 0 nitrogen and oxygen atoms in total. The van der Waals surface area contributed by atoms with Crippen LogP contribution in [0, 0.1) is 0 Å². The van der Waals surface area contributed by atoms with Gasteiger partial charge in [0.15, 0.2) is 0 Å². The molecule has 0 aliphatic rings. The van der Waals surface area contributed by atoms with Crippen LogP contribution in [0.3, 0.4) is 0 Å². The SMILES string of the molecule is C=CCC.C=CCCCC.CC.CC.CC/C=C(/C)CC.CCCC.CCCCC(C)S.CCCCCCCC.CCCCCCCCCCCC. The third kappa shape index (κ3) is 154. The van der Waals surface area contributed by atoms with Gasteiger partial charge >= 0.3 is 0 Å². The molecule has 0 rings (SSSR count). The Labute approximate surface area is 344 Å². The van der Waals surface area contributed by atoms with Crippen LogP contribution in [0.15, 0.2) is 37.0 Å². The molecule has 0 radical (unpaired) electrons. The van der Waals surface area contributed by atoms with Crippen LogP contribution in [0.1, 0.15) is 291 Å². The predicted molar refractivity (Wildman–Crippen MR) is 262 cm³/mol. The van der Waals surface area contributed by atoms with E-state index in [1.165, 1.54) is 173 Å². The van der Waals surface area contributed by atoms with Crippen molar-refractivity contribution in [3.8, 4) is 0 Å². The number of thiol groups is 1. The Balaban J connectivity index is -0.0000000599. The van der Waals surface area contributed by atoms with Crippen molar-refractivity contribution in [1.29, 1.82) is 0 Å². The fraction of sp³-hybridized carbons (Fsp3) is 0.882. The zero-order valence-electron chi connectivity index (χ0n) is 40.8. The van der Waals surface area contributed by atoms with E-state index in [9.17, 15) is 0 Å². The molecule has 0 aromatic rings. The van der Waals surface area contributed by atoms with Gasteiger partial charge in [0.1, 0.15) is 0 Å². The smallest absolute Gasteiger partial charge is 0.00116 e. The average molecular weight is 760 g/mol. The summed E-state index contributed by atoms with van der Waals surface area (Å²) in [4.78, 5) is 0. The average Bonchev–Trinajstić information content (AvgIpc) is 3.18. The standard InChI is InChI=1S/C12H26.C8H18.C7H14.C6H14S.C6H12.C4H10.C4H8.2C2H6/c1-3-5-7-9-11-12-10-8-6-4-2;1-3-5-7-8-6-4-2;1-4-6-7(3)5-2;1-3-4-5-6(2)7;1-3-5-6-4-2;2*1-3-4-2;2*1-2/h3-12H2,1-2H3;3-8H2,1-2H3;6H,4-5H2,1-3H3;6-7H,3-5H2,1-2H3;3H,1,4-6H2,2H3;3-4H2,1-2H3;3H,1,4H2,2H3;2*1-2H3/b;;7-6-;;;;;;. The van der Waals surface area contributed by atoms with Crippen LogP contribution in [0.4, 0.5) is 0 Å². The molecule has 0 saturated carbocycles. The number of hydrogen-bond donors (Lipinski definition) is 1. The minimum Gasteiger partial charge on any atom is -0.176 e. The summed E-state index contributed by atoms with van der Waals surface area (Å²) in [6, 6.07) is 0. The molecular weight excluding hydrogens is 645 g/mol. The summed E-state index contributed by atoms with van der Waals surface area (Å²) >= 11 is 4.23. The molecule has 0 aliphatic carbocycles. The third-order valence-corrected chi connectivity index (χ3v) is 7.81. The monoisotopic (exact) mass is 759 g/mol. The summed E-state index contributed by atoms with van der Waals surface area (Å²) in [5, 5.41) is 0.597. The molecule has 0 amide bonds. The van der Waals surface area contributed by atoms with E-state index in [1.807, 2.05) is 39.8 Å². The lowest BCUT2D eigenvalue weighted by Crippen LogP contribution is -1.87. The van der Waals surface area contributed by atoms with Gasteiger partial charge in [-0.25, -0.2) is 0 Å². The Morgan fingerprint density at radius 2 is 0.731 bits per heavy atom. The van der Waals surface area contributed by atoms with Crippen molar-refractivity contribution in [3.05, 3.63) is 37.0 Å². The second kappa shape index (κ2) is 98.2. The topological polar surface area (TPSA) is 0 Å². The van der Waals surface area contributed by atoms with Crippen molar-refractivity contribution in [2.45, 2.75) is 296 Å². The van der Waals surface area contributed by atoms with Crippen molar-refractivity contribution in [2.75, 3.05) is 0 Å². The molecular formula is C51H114S. The van der Waals surface area contributed by atoms with E-state index in [2.05, 4.69) is 122 Å². The van der Waals surface area contributed by atoms with Gasteiger partial charge in [-0.15, -0.1) is 13.2 Å². The van der Waals surface area contributed by atoms with E-state index < -0.39 is 0 Å². The summed E-state index contributed by atoms with van der Waals surface area (Å²) < 4.78 is 0. The van der Waals surface area contributed by atoms with Crippen molar-refractivity contribution in [3.63, 3.8) is 0 Å². The molecule has 0 heterocycles. The van der Waals surface area contributed by atoms with Crippen molar-refractivity contribution < 1.29 is 0 Å². The molecule has 324 valence electrons. The second-order valence-corrected chi connectivity index (χ2v) is 14.1. The van der Waals surface area contributed by atoms with E-state index in [4.69, 9.17) is 0 Å². The zero-order chi connectivity index (χ0) is 42.4. The minimum atomic E-state index is 0.597. The number of rotatable bonds is 24. The Kier molecular flexibility index (Phi) is 137. The summed E-state index contributed by atoms with van der Waals surface area (Å²) in [5.41, 5.74) is 1.50. The highest BCUT2D eigenvalue weighted by Crippen LogP contribution is 2.10. The lowest BCUT2D eigenvalue weighted by molar-refractivity contribution is 0.562. The molecule has 0 spiro atoms. The molecule has 0 N–H and O–H groups in total. The quantitative estimate of drug-likeness (QED) is 0.0566. The molecule has 0 bridgehead atoms. The predicted octanol–water partition coefficient (Wildman–Crippen LogP) is 21.3. The summed E-state index contributed by atoms with van der Waals surface area (Å²) in [6.45, 7) is 43.6. The van der Waals surface area contributed by atoms with Gasteiger partial charge in [0.2, 0.25) is 0 Å². The van der Waals surface area contributed by atoms with Gasteiger partial charge < -0.3 is 0 Å². The van der Waals surface area contributed by atoms with Crippen LogP contribution >= 0.6 is 12.6 Å². The van der Waals surface area contributed by atoms with Gasteiger partial charge in [-0.1, -0.05) is 276 Å². The van der Waals surface area contributed by atoms with Gasteiger partial charge in [-0.05, 0) is 44.3 Å². The molecule has 0 aromatic heterocycles. The van der Waals surface area contributed by atoms with Crippen molar-refractivity contribution in [2.24, 2.45) is 0 Å². The minimum absolute atomic E-state index is 0.597. The van der Waals surface area contributed by atoms with Crippen LogP contribution in [0.5, 0.6) is 0 Å². The van der Waals surface area contributed by atoms with Crippen LogP contribution in [0.2, 0.25) is 0 Å². The Morgan fingerprint density at radius 3 is 0.846 bits per heavy atom. The molecule has 0 saturated heterocycles. The first kappa shape index (κ1) is 72.8. The Morgan fingerprint density at radius 1 is 0.442 bits per heavy atom. The molecule has 52 heavy (non-hydrogen) atoms. The third-order valence-electron chi connectivity index (χ3n) is 7.55. The number of unbranched alkanes of at least 4 members (excludes halogenated alkanes) is 18. The highest BCUT2D eigenvalue weighted by molar-refractivity contribution is 7.80. The lowest BCUT2D eigenvalue weighted by Gasteiger charge is -1.99. The van der Waals surface area contributed by atoms with E-state index >= 15 is 0 Å². The fourth-order valence-electron chi connectivity index (χ4n) is 3.76. The fourth-order valence-corrected chi connectivity index (χ4v) is 3.94. The maximum absolute atomic E-state index is 4.23. The van der Waals surface area contributed by atoms with Gasteiger partial charge in [-0.3, -0.25) is 0 Å². The van der Waals surface area contributed by atoms with E-state index in [1.54, 1.807) is 0 Å². The van der Waals surface area contributed by atoms with Crippen LogP contribution in [-0.4, -0.2) is 5.25 Å². The summed E-state index contributed by atoms with van der Waals surface area (Å²) in [6.07, 6.45) is 42.8. The number of hydrogen-bond acceptors (Lipinski definition) is 1. The number of allylic oxidation sites excluding steroid dienone is 4. The lowest BCUT2D eigenvalue weighted by atomic mass is 10.1. The molecule has 1 heteroatoms. The summed E-state index contributed by atoms with van der Waals surface area (Å²) in [7, 11) is 0. The van der Waals surface area contributed by atoms with E-state index in [-0.39, 0.29) is 0 Å². The molecule has 1 atom stereocenters. The first-order valence-electron chi connectivity index (χ1n) is 23.7. The molecule has 0 aromatic carbocycles. The van der Waals surface area contributed by atoms with Crippen LogP contribution in [-0.2, 0) is 0 Å². The van der Waals surface area contributed by atoms with Gasteiger partial charge in [0.05, 0.1) is 0 Å². The largest absolute Gasteiger partial charge is 0.176 e. The summed E-state index contributed by atoms with van der Waals surface area (Å²) in [5.74, 6) is 0. The van der Waals surface area contributed by atoms with Crippen LogP contribution in [0.25, 0.3) is 0 Å². The van der Waals surface area contributed by atoms with Crippen molar-refractivity contribution >= 4 is 12.6 Å². The molecule has 0 fully saturated rings. The highest BCUT2D eigenvalue weighted by Gasteiger charge is 1.91.